The molecule has 1 aliphatic carbocycles. The van der Waals surface area contributed by atoms with Crippen molar-refractivity contribution in [3.05, 3.63) is 11.1 Å². The summed E-state index contributed by atoms with van der Waals surface area (Å²) < 4.78 is 0. The number of hydrogen-bond donors (Lipinski definition) is 0. The van der Waals surface area contributed by atoms with Gasteiger partial charge in [0.15, 0.2) is 0 Å². The lowest BCUT2D eigenvalue weighted by Crippen LogP contribution is -2.50. The third-order valence-corrected chi connectivity index (χ3v) is 4.46. The van der Waals surface area contributed by atoms with E-state index in [0.717, 1.165) is 6.04 Å². The lowest BCUT2D eigenvalue weighted by atomic mass is 9.83. The Balaban J connectivity index is 2.00. The van der Waals surface area contributed by atoms with Gasteiger partial charge in [0.25, 0.3) is 0 Å². The molecule has 0 amide bonds. The normalized spacial score (nSPS) is 36.0. The number of hydrogen-bond acceptors (Lipinski definition) is 1. The summed E-state index contributed by atoms with van der Waals surface area (Å²) in [6, 6.07) is 0.844. The van der Waals surface area contributed by atoms with E-state index in [-0.39, 0.29) is 0 Å². The van der Waals surface area contributed by atoms with Crippen LogP contribution in [0, 0.1) is 0 Å². The van der Waals surface area contributed by atoms with Gasteiger partial charge in [-0.15, -0.1) is 0 Å². The topological polar surface area (TPSA) is 3.24 Å². The highest BCUT2D eigenvalue weighted by atomic mass is 15.2. The summed E-state index contributed by atoms with van der Waals surface area (Å²) in [5.74, 6) is 0. The third kappa shape index (κ3) is 1.11. The van der Waals surface area contributed by atoms with Crippen LogP contribution >= 0.6 is 0 Å². The molecule has 2 aliphatic heterocycles. The molecule has 0 bridgehead atoms. The van der Waals surface area contributed by atoms with E-state index in [1.54, 1.807) is 0 Å². The molecule has 0 saturated carbocycles. The van der Waals surface area contributed by atoms with Crippen molar-refractivity contribution in [2.24, 2.45) is 0 Å². The second kappa shape index (κ2) is 2.85. The van der Waals surface area contributed by atoms with Gasteiger partial charge >= 0.3 is 0 Å². The fraction of sp³-hybridized carbons (Fsp3) is 0.846. The predicted octanol–water partition coefficient (Wildman–Crippen LogP) is 3.11. The van der Waals surface area contributed by atoms with E-state index in [2.05, 4.69) is 18.7 Å². The molecule has 0 spiro atoms. The lowest BCUT2D eigenvalue weighted by Gasteiger charge is -2.45. The van der Waals surface area contributed by atoms with Crippen LogP contribution in [0.15, 0.2) is 11.1 Å². The van der Waals surface area contributed by atoms with Gasteiger partial charge in [0.1, 0.15) is 0 Å². The fourth-order valence-electron chi connectivity index (χ4n) is 3.91. The first kappa shape index (κ1) is 8.96. The van der Waals surface area contributed by atoms with Crippen molar-refractivity contribution in [3.63, 3.8) is 0 Å². The first-order chi connectivity index (χ1) is 6.68. The van der Waals surface area contributed by atoms with E-state index in [1.165, 1.54) is 45.1 Å². The van der Waals surface area contributed by atoms with Crippen LogP contribution in [0.3, 0.4) is 0 Å². The summed E-state index contributed by atoms with van der Waals surface area (Å²) in [4.78, 5) is 2.77. The van der Waals surface area contributed by atoms with Crippen molar-refractivity contribution >= 4 is 0 Å². The van der Waals surface area contributed by atoms with E-state index in [9.17, 15) is 0 Å². The highest BCUT2D eigenvalue weighted by Crippen LogP contribution is 2.46. The summed E-state index contributed by atoms with van der Waals surface area (Å²) in [6.07, 6.45) is 8.45. The molecule has 3 rings (SSSR count). The van der Waals surface area contributed by atoms with Crippen molar-refractivity contribution < 1.29 is 0 Å². The Morgan fingerprint density at radius 3 is 2.93 bits per heavy atom. The standard InChI is InChI=1S/C13H21N/c1-13(2)9-10-5-3-6-11(10)12-7-4-8-14(12)13/h12H,3-9H2,1-2H3. The van der Waals surface area contributed by atoms with Gasteiger partial charge in [0.2, 0.25) is 0 Å². The van der Waals surface area contributed by atoms with Crippen LogP contribution < -0.4 is 0 Å². The van der Waals surface area contributed by atoms with Crippen LogP contribution in [-0.2, 0) is 0 Å². The Hall–Kier alpha value is -0.300. The third-order valence-electron chi connectivity index (χ3n) is 4.46. The molecule has 0 aromatic carbocycles. The molecule has 1 atom stereocenters. The van der Waals surface area contributed by atoms with Gasteiger partial charge in [-0.2, -0.15) is 0 Å². The Morgan fingerprint density at radius 1 is 1.21 bits per heavy atom. The maximum atomic E-state index is 2.77. The minimum Gasteiger partial charge on any atom is -0.291 e. The highest BCUT2D eigenvalue weighted by molar-refractivity contribution is 5.31. The molecule has 0 aromatic rings. The average molecular weight is 191 g/mol. The molecule has 0 N–H and O–H groups in total. The van der Waals surface area contributed by atoms with E-state index in [1.807, 2.05) is 11.1 Å². The van der Waals surface area contributed by atoms with Gasteiger partial charge in [0.05, 0.1) is 0 Å². The molecule has 1 heteroatoms. The second-order valence-electron chi connectivity index (χ2n) is 5.82. The first-order valence-electron chi connectivity index (χ1n) is 6.16. The Kier molecular flexibility index (Phi) is 1.82. The van der Waals surface area contributed by atoms with Crippen LogP contribution in [0.2, 0.25) is 0 Å². The van der Waals surface area contributed by atoms with Crippen molar-refractivity contribution in [2.45, 2.75) is 64.0 Å². The quantitative estimate of drug-likeness (QED) is 0.532. The monoisotopic (exact) mass is 191 g/mol. The summed E-state index contributed by atoms with van der Waals surface area (Å²) in [6.45, 7) is 6.22. The molecule has 14 heavy (non-hydrogen) atoms. The summed E-state index contributed by atoms with van der Waals surface area (Å²) in [5.41, 5.74) is 4.13. The van der Waals surface area contributed by atoms with E-state index >= 15 is 0 Å². The fourth-order valence-corrected chi connectivity index (χ4v) is 3.91. The van der Waals surface area contributed by atoms with Crippen LogP contribution in [0.25, 0.3) is 0 Å². The van der Waals surface area contributed by atoms with Gasteiger partial charge in [-0.1, -0.05) is 11.1 Å². The van der Waals surface area contributed by atoms with Gasteiger partial charge in [-0.05, 0) is 58.9 Å². The summed E-state index contributed by atoms with van der Waals surface area (Å²) in [7, 11) is 0. The number of fused-ring (bicyclic) bond motifs is 2. The largest absolute Gasteiger partial charge is 0.291 e. The molecule has 1 saturated heterocycles. The van der Waals surface area contributed by atoms with Gasteiger partial charge in [-0.3, -0.25) is 4.90 Å². The van der Waals surface area contributed by atoms with Crippen molar-refractivity contribution in [2.75, 3.05) is 6.54 Å². The Labute approximate surface area is 87.2 Å². The van der Waals surface area contributed by atoms with Crippen LogP contribution in [0.1, 0.15) is 52.4 Å². The van der Waals surface area contributed by atoms with E-state index in [4.69, 9.17) is 0 Å². The van der Waals surface area contributed by atoms with Gasteiger partial charge < -0.3 is 0 Å². The molecule has 3 aliphatic rings. The zero-order chi connectivity index (χ0) is 9.76. The van der Waals surface area contributed by atoms with Crippen LogP contribution in [0.5, 0.6) is 0 Å². The maximum Gasteiger partial charge on any atom is 0.0316 e. The summed E-state index contributed by atoms with van der Waals surface area (Å²) in [5, 5.41) is 0. The number of rotatable bonds is 0. The van der Waals surface area contributed by atoms with Crippen molar-refractivity contribution in [3.8, 4) is 0 Å². The van der Waals surface area contributed by atoms with Crippen molar-refractivity contribution in [1.82, 2.24) is 4.90 Å². The number of nitrogens with zero attached hydrogens (tertiary/aromatic N) is 1. The van der Waals surface area contributed by atoms with Gasteiger partial charge in [-0.25, -0.2) is 0 Å². The molecule has 1 nitrogen and oxygen atoms in total. The smallest absolute Gasteiger partial charge is 0.0316 e. The molecular formula is C13H21N. The first-order valence-corrected chi connectivity index (χ1v) is 6.16. The second-order valence-corrected chi connectivity index (χ2v) is 5.82. The molecule has 2 heterocycles. The zero-order valence-electron chi connectivity index (χ0n) is 9.47. The SMILES string of the molecule is CC1(C)CC2=C(CCC2)C2CCCN21. The Morgan fingerprint density at radius 2 is 2.07 bits per heavy atom. The van der Waals surface area contributed by atoms with Crippen molar-refractivity contribution in [1.29, 1.82) is 0 Å². The molecular weight excluding hydrogens is 170 g/mol. The summed E-state index contributed by atoms with van der Waals surface area (Å²) >= 11 is 0. The van der Waals surface area contributed by atoms with Gasteiger partial charge in [0, 0.05) is 11.6 Å². The van der Waals surface area contributed by atoms with E-state index in [0.29, 0.717) is 5.54 Å². The molecule has 1 fully saturated rings. The lowest BCUT2D eigenvalue weighted by molar-refractivity contribution is 0.106. The molecule has 0 radical (unpaired) electrons. The zero-order valence-corrected chi connectivity index (χ0v) is 9.47. The highest BCUT2D eigenvalue weighted by Gasteiger charge is 2.43. The molecule has 78 valence electrons. The molecule has 0 aromatic heterocycles. The molecule has 1 unspecified atom stereocenters. The van der Waals surface area contributed by atoms with Crippen LogP contribution in [0.4, 0.5) is 0 Å². The Bertz CT molecular complexity index is 288. The van der Waals surface area contributed by atoms with E-state index < -0.39 is 0 Å². The minimum atomic E-state index is 0.449. The average Bonchev–Trinajstić information content (AvgIpc) is 2.66. The van der Waals surface area contributed by atoms with Crippen LogP contribution in [-0.4, -0.2) is 23.0 Å². The maximum absolute atomic E-state index is 2.77. The minimum absolute atomic E-state index is 0.449. The predicted molar refractivity (Wildman–Crippen MR) is 59.3 cm³/mol.